The monoisotopic (exact) mass is 398 g/mol. The fourth-order valence-corrected chi connectivity index (χ4v) is 4.17. The van der Waals surface area contributed by atoms with Gasteiger partial charge >= 0.3 is 0 Å². The maximum absolute atomic E-state index is 13.3. The molecule has 0 spiro atoms. The first-order valence-electron chi connectivity index (χ1n) is 10.5. The summed E-state index contributed by atoms with van der Waals surface area (Å²) in [6.45, 7) is 13.7. The first-order valence-corrected chi connectivity index (χ1v) is 10.5. The molecule has 2 N–H and O–H groups in total. The van der Waals surface area contributed by atoms with Crippen LogP contribution in [0.4, 0.5) is 0 Å². The van der Waals surface area contributed by atoms with Gasteiger partial charge < -0.3 is 10.3 Å². The lowest BCUT2D eigenvalue weighted by Crippen LogP contribution is -2.47. The summed E-state index contributed by atoms with van der Waals surface area (Å²) >= 11 is 0. The quantitative estimate of drug-likeness (QED) is 0.760. The van der Waals surface area contributed by atoms with Crippen LogP contribution in [0.5, 0.6) is 0 Å². The number of carbonyl (C=O) groups excluding carboxylic acids is 2. The third-order valence-corrected chi connectivity index (χ3v) is 5.57. The second-order valence-electron chi connectivity index (χ2n) is 9.17. The Kier molecular flexibility index (Phi) is 6.44. The molecule has 158 valence electrons. The van der Waals surface area contributed by atoms with E-state index in [4.69, 9.17) is 0 Å². The van der Waals surface area contributed by atoms with Gasteiger partial charge in [-0.05, 0) is 53.7 Å². The molecule has 29 heavy (non-hydrogen) atoms. The number of hydrogen-bond donors (Lipinski definition) is 2. The van der Waals surface area contributed by atoms with Crippen molar-refractivity contribution in [2.75, 3.05) is 32.7 Å². The molecule has 0 radical (unpaired) electrons. The number of H-pyrrole nitrogens is 1. The van der Waals surface area contributed by atoms with Gasteiger partial charge in [0.15, 0.2) is 5.78 Å². The zero-order valence-corrected chi connectivity index (χ0v) is 18.3. The summed E-state index contributed by atoms with van der Waals surface area (Å²) in [6, 6.07) is 7.79. The predicted molar refractivity (Wildman–Crippen MR) is 117 cm³/mol. The second kappa shape index (κ2) is 8.67. The summed E-state index contributed by atoms with van der Waals surface area (Å²) in [5, 5.41) is 4.03. The molecular formula is C23H34N4O2. The van der Waals surface area contributed by atoms with E-state index in [2.05, 4.69) is 20.1 Å². The molecular weight excluding hydrogens is 364 g/mol. The number of hydrogen-bond acceptors (Lipinski definition) is 4. The summed E-state index contributed by atoms with van der Waals surface area (Å²) in [4.78, 5) is 33.4. The minimum absolute atomic E-state index is 0.0597. The van der Waals surface area contributed by atoms with Gasteiger partial charge in [0, 0.05) is 47.3 Å². The summed E-state index contributed by atoms with van der Waals surface area (Å²) in [5.74, 6) is 0.225. The minimum Gasteiger partial charge on any atom is -0.358 e. The Morgan fingerprint density at radius 3 is 2.59 bits per heavy atom. The first kappa shape index (κ1) is 21.5. The van der Waals surface area contributed by atoms with Crippen molar-refractivity contribution in [3.05, 3.63) is 35.5 Å². The fourth-order valence-electron chi connectivity index (χ4n) is 4.17. The van der Waals surface area contributed by atoms with Gasteiger partial charge in [-0.3, -0.25) is 19.4 Å². The van der Waals surface area contributed by atoms with Crippen molar-refractivity contribution in [3.63, 3.8) is 0 Å². The van der Waals surface area contributed by atoms with Crippen LogP contribution < -0.4 is 5.32 Å². The number of aromatic amines is 1. The van der Waals surface area contributed by atoms with E-state index < -0.39 is 0 Å². The molecule has 1 saturated heterocycles. The molecule has 1 fully saturated rings. The molecule has 1 aliphatic heterocycles. The number of aromatic nitrogens is 1. The van der Waals surface area contributed by atoms with Gasteiger partial charge in [-0.25, -0.2) is 0 Å². The van der Waals surface area contributed by atoms with E-state index in [1.165, 1.54) is 0 Å². The number of benzene rings is 1. The molecule has 6 heteroatoms. The van der Waals surface area contributed by atoms with Gasteiger partial charge in [0.05, 0.1) is 12.6 Å². The lowest BCUT2D eigenvalue weighted by atomic mass is 10.0. The van der Waals surface area contributed by atoms with Gasteiger partial charge in [0.2, 0.25) is 5.91 Å². The molecule has 0 aliphatic carbocycles. The van der Waals surface area contributed by atoms with Crippen LogP contribution in [0.1, 0.15) is 50.2 Å². The number of nitrogens with zero attached hydrogens (tertiary/aromatic N) is 2. The van der Waals surface area contributed by atoms with E-state index in [9.17, 15) is 9.59 Å². The second-order valence-corrected chi connectivity index (χ2v) is 9.17. The third-order valence-electron chi connectivity index (χ3n) is 5.57. The zero-order valence-electron chi connectivity index (χ0n) is 18.3. The average molecular weight is 399 g/mol. The Morgan fingerprint density at radius 1 is 1.14 bits per heavy atom. The smallest absolute Gasteiger partial charge is 0.234 e. The number of rotatable bonds is 5. The van der Waals surface area contributed by atoms with Crippen molar-refractivity contribution in [1.29, 1.82) is 0 Å². The highest BCUT2D eigenvalue weighted by Gasteiger charge is 2.28. The molecule has 0 saturated carbocycles. The van der Waals surface area contributed by atoms with Crippen molar-refractivity contribution in [1.82, 2.24) is 20.1 Å². The first-order chi connectivity index (χ1) is 13.7. The van der Waals surface area contributed by atoms with Crippen LogP contribution in [0, 0.1) is 6.92 Å². The summed E-state index contributed by atoms with van der Waals surface area (Å²) in [6.07, 6.45) is 0.952. The van der Waals surface area contributed by atoms with Crippen LogP contribution in [-0.2, 0) is 4.79 Å². The minimum atomic E-state index is -0.215. The van der Waals surface area contributed by atoms with Crippen molar-refractivity contribution < 1.29 is 9.59 Å². The van der Waals surface area contributed by atoms with Gasteiger partial charge in [-0.1, -0.05) is 18.2 Å². The fraction of sp³-hybridized carbons (Fsp3) is 0.565. The third kappa shape index (κ3) is 5.25. The molecule has 3 rings (SSSR count). The maximum Gasteiger partial charge on any atom is 0.234 e. The molecule has 1 atom stereocenters. The van der Waals surface area contributed by atoms with Crippen LogP contribution in [0.3, 0.4) is 0 Å². The molecule has 1 aromatic carbocycles. The molecule has 2 heterocycles. The van der Waals surface area contributed by atoms with Crippen LogP contribution in [0.15, 0.2) is 24.3 Å². The van der Waals surface area contributed by atoms with Crippen molar-refractivity contribution in [3.8, 4) is 0 Å². The molecule has 1 aliphatic rings. The highest BCUT2D eigenvalue weighted by atomic mass is 16.2. The average Bonchev–Trinajstić information content (AvgIpc) is 2.80. The van der Waals surface area contributed by atoms with Gasteiger partial charge in [-0.2, -0.15) is 0 Å². The van der Waals surface area contributed by atoms with E-state index in [-0.39, 0.29) is 23.3 Å². The van der Waals surface area contributed by atoms with Gasteiger partial charge in [-0.15, -0.1) is 0 Å². The standard InChI is InChI=1S/C23H34N4O2/c1-16-21(18-9-6-7-10-19(18)24-16)22(29)17(2)27-12-8-11-26(13-14-27)15-20(28)25-23(3,4)5/h6-7,9-10,17,24H,8,11-15H2,1-5H3,(H,25,28)/t17-/m1/s1. The largest absolute Gasteiger partial charge is 0.358 e. The van der Waals surface area contributed by atoms with Crippen LogP contribution in [0.25, 0.3) is 10.9 Å². The maximum atomic E-state index is 13.3. The number of amides is 1. The van der Waals surface area contributed by atoms with Crippen LogP contribution >= 0.6 is 0 Å². The number of ketones is 1. The Balaban J connectivity index is 1.64. The molecule has 6 nitrogen and oxygen atoms in total. The molecule has 1 aromatic heterocycles. The molecule has 0 unspecified atom stereocenters. The van der Waals surface area contributed by atoms with Gasteiger partial charge in [0.25, 0.3) is 0 Å². The number of aryl methyl sites for hydroxylation is 1. The molecule has 1 amide bonds. The summed E-state index contributed by atoms with van der Waals surface area (Å²) in [5.41, 5.74) is 2.53. The van der Waals surface area contributed by atoms with Crippen molar-refractivity contribution in [2.45, 2.75) is 52.6 Å². The van der Waals surface area contributed by atoms with Gasteiger partial charge in [0.1, 0.15) is 0 Å². The Morgan fingerprint density at radius 2 is 1.86 bits per heavy atom. The number of fused-ring (bicyclic) bond motifs is 1. The zero-order chi connectivity index (χ0) is 21.2. The highest BCUT2D eigenvalue weighted by Crippen LogP contribution is 2.24. The Hall–Kier alpha value is -2.18. The normalized spacial score (nSPS) is 17.8. The molecule has 0 bridgehead atoms. The molecule has 2 aromatic rings. The van der Waals surface area contributed by atoms with Crippen LogP contribution in [0.2, 0.25) is 0 Å². The van der Waals surface area contributed by atoms with Crippen LogP contribution in [-0.4, -0.2) is 70.8 Å². The predicted octanol–water partition coefficient (Wildman–Crippen LogP) is 2.97. The summed E-state index contributed by atoms with van der Waals surface area (Å²) < 4.78 is 0. The number of Topliss-reactive ketones (excluding diaryl/α,β-unsaturated/α-hetero) is 1. The van der Waals surface area contributed by atoms with E-state index in [1.54, 1.807) is 0 Å². The van der Waals surface area contributed by atoms with E-state index in [0.717, 1.165) is 54.8 Å². The Bertz CT molecular complexity index is 881. The number of carbonyl (C=O) groups is 2. The lowest BCUT2D eigenvalue weighted by Gasteiger charge is -2.27. The van der Waals surface area contributed by atoms with E-state index >= 15 is 0 Å². The Labute approximate surface area is 173 Å². The van der Waals surface area contributed by atoms with E-state index in [0.29, 0.717) is 6.54 Å². The topological polar surface area (TPSA) is 68.4 Å². The lowest BCUT2D eigenvalue weighted by molar-refractivity contribution is -0.123. The summed E-state index contributed by atoms with van der Waals surface area (Å²) in [7, 11) is 0. The SMILES string of the molecule is Cc1[nH]c2ccccc2c1C(=O)[C@@H](C)N1CCCN(CC(=O)NC(C)(C)C)CC1. The van der Waals surface area contributed by atoms with E-state index in [1.807, 2.05) is 58.9 Å². The van der Waals surface area contributed by atoms with Crippen molar-refractivity contribution >= 4 is 22.6 Å². The highest BCUT2D eigenvalue weighted by molar-refractivity contribution is 6.11. The number of para-hydroxylation sites is 1. The number of nitrogens with one attached hydrogen (secondary N) is 2. The van der Waals surface area contributed by atoms with Crippen molar-refractivity contribution in [2.24, 2.45) is 0 Å².